The van der Waals surface area contributed by atoms with Crippen LogP contribution in [-0.2, 0) is 0 Å². The Bertz CT molecular complexity index is 1010. The smallest absolute Gasteiger partial charge is 0.253 e. The molecule has 2 aromatic rings. The standard InChI is InChI=1S/C23H30N8O2/c24-22-20(33-15-21-26-28-29-27-21)13-18(14-25-22)16-3-5-17(6-4-16)23(32)31-11-7-19(8-12-31)30-9-1-2-10-30/h3-6,13-14,19,28-29H,1-2,7-12,15H2,(H2,24,25)(H,26,27). The molecule has 0 radical (unpaired) electrons. The van der Waals surface area contributed by atoms with E-state index in [-0.39, 0.29) is 12.5 Å². The summed E-state index contributed by atoms with van der Waals surface area (Å²) in [6.45, 7) is 4.31. The van der Waals surface area contributed by atoms with Crippen LogP contribution in [0.2, 0.25) is 0 Å². The number of nitrogens with zero attached hydrogens (tertiary/aromatic N) is 4. The number of nitrogens with one attached hydrogen (secondary N) is 3. The molecule has 3 aliphatic heterocycles. The number of likely N-dealkylation sites (tertiary alicyclic amines) is 2. The van der Waals surface area contributed by atoms with Crippen LogP contribution in [0.4, 0.5) is 5.82 Å². The number of pyridine rings is 1. The number of piperidine rings is 1. The van der Waals surface area contributed by atoms with Crippen LogP contribution in [0.1, 0.15) is 36.0 Å². The number of anilines is 1. The number of nitrogens with two attached hydrogens (primary N) is 1. The van der Waals surface area contributed by atoms with Crippen molar-refractivity contribution in [3.8, 4) is 16.9 Å². The Labute approximate surface area is 193 Å². The summed E-state index contributed by atoms with van der Waals surface area (Å²) in [5.74, 6) is 1.49. The zero-order valence-corrected chi connectivity index (χ0v) is 18.6. The van der Waals surface area contributed by atoms with E-state index in [0.717, 1.165) is 37.1 Å². The number of benzene rings is 1. The number of carbonyl (C=O) groups is 1. The van der Waals surface area contributed by atoms with Crippen molar-refractivity contribution in [2.45, 2.75) is 31.7 Å². The van der Waals surface area contributed by atoms with E-state index in [1.807, 2.05) is 35.2 Å². The Kier molecular flexibility index (Phi) is 6.27. The molecule has 0 aliphatic carbocycles. The van der Waals surface area contributed by atoms with Gasteiger partial charge in [0.2, 0.25) is 0 Å². The minimum Gasteiger partial charge on any atom is -0.482 e. The number of amides is 1. The molecule has 5 rings (SSSR count). The highest BCUT2D eigenvalue weighted by molar-refractivity contribution is 5.94. The second-order valence-electron chi connectivity index (χ2n) is 8.66. The summed E-state index contributed by atoms with van der Waals surface area (Å²) < 4.78 is 5.74. The fourth-order valence-corrected chi connectivity index (χ4v) is 4.70. The number of hydrazone groups is 1. The largest absolute Gasteiger partial charge is 0.482 e. The van der Waals surface area contributed by atoms with Gasteiger partial charge in [0, 0.05) is 36.5 Å². The van der Waals surface area contributed by atoms with Gasteiger partial charge in [0.15, 0.2) is 17.4 Å². The topological polar surface area (TPSA) is 120 Å². The van der Waals surface area contributed by atoms with Crippen LogP contribution < -0.4 is 27.0 Å². The Balaban J connectivity index is 1.21. The number of amidine groups is 1. The maximum Gasteiger partial charge on any atom is 0.253 e. The van der Waals surface area contributed by atoms with Gasteiger partial charge in [-0.2, -0.15) is 0 Å². The molecule has 1 aromatic heterocycles. The van der Waals surface area contributed by atoms with E-state index in [0.29, 0.717) is 29.0 Å². The molecule has 1 amide bonds. The molecule has 4 heterocycles. The average molecular weight is 451 g/mol. The molecule has 10 heteroatoms. The van der Waals surface area contributed by atoms with Gasteiger partial charge in [-0.05, 0) is 62.5 Å². The minimum absolute atomic E-state index is 0.105. The van der Waals surface area contributed by atoms with Crippen molar-refractivity contribution in [3.63, 3.8) is 0 Å². The van der Waals surface area contributed by atoms with Gasteiger partial charge in [0.25, 0.3) is 5.91 Å². The first-order valence-electron chi connectivity index (χ1n) is 11.5. The Hall–Kier alpha value is -3.37. The number of ether oxygens (including phenoxy) is 1. The van der Waals surface area contributed by atoms with Crippen molar-refractivity contribution in [3.05, 3.63) is 42.1 Å². The highest BCUT2D eigenvalue weighted by Gasteiger charge is 2.28. The van der Waals surface area contributed by atoms with Crippen molar-refractivity contribution in [1.29, 1.82) is 0 Å². The summed E-state index contributed by atoms with van der Waals surface area (Å²) in [6.07, 6.45) is 6.46. The Morgan fingerprint density at radius 2 is 1.85 bits per heavy atom. The second-order valence-corrected chi connectivity index (χ2v) is 8.66. The number of hydrazine groups is 2. The molecule has 3 aliphatic rings. The van der Waals surface area contributed by atoms with E-state index in [2.05, 4.69) is 31.5 Å². The van der Waals surface area contributed by atoms with Gasteiger partial charge >= 0.3 is 0 Å². The molecular weight excluding hydrogens is 420 g/mol. The molecule has 174 valence electrons. The molecule has 1 aromatic carbocycles. The highest BCUT2D eigenvalue weighted by atomic mass is 16.5. The van der Waals surface area contributed by atoms with Gasteiger partial charge in [-0.15, -0.1) is 10.6 Å². The van der Waals surface area contributed by atoms with E-state index < -0.39 is 0 Å². The molecule has 0 atom stereocenters. The fourth-order valence-electron chi connectivity index (χ4n) is 4.70. The third-order valence-corrected chi connectivity index (χ3v) is 6.57. The maximum atomic E-state index is 13.0. The predicted octanol–water partition coefficient (Wildman–Crippen LogP) is 1.34. The number of aromatic nitrogens is 1. The lowest BCUT2D eigenvalue weighted by molar-refractivity contribution is 0.0644. The van der Waals surface area contributed by atoms with Gasteiger partial charge in [0.1, 0.15) is 6.61 Å². The first-order valence-corrected chi connectivity index (χ1v) is 11.5. The number of carbonyl (C=O) groups excluding carboxylic acids is 1. The van der Waals surface area contributed by atoms with Crippen LogP contribution in [0.15, 0.2) is 41.6 Å². The van der Waals surface area contributed by atoms with Crippen molar-refractivity contribution < 1.29 is 9.53 Å². The normalized spacial score (nSPS) is 19.2. The molecule has 0 unspecified atom stereocenters. The molecule has 0 saturated carbocycles. The van der Waals surface area contributed by atoms with Crippen LogP contribution >= 0.6 is 0 Å². The summed E-state index contributed by atoms with van der Waals surface area (Å²) >= 11 is 0. The molecule has 33 heavy (non-hydrogen) atoms. The lowest BCUT2D eigenvalue weighted by Crippen LogP contribution is -2.45. The van der Waals surface area contributed by atoms with Crippen molar-refractivity contribution in [2.24, 2.45) is 5.10 Å². The molecule has 10 nitrogen and oxygen atoms in total. The third kappa shape index (κ3) is 4.86. The monoisotopic (exact) mass is 450 g/mol. The van der Waals surface area contributed by atoms with Gasteiger partial charge in [-0.1, -0.05) is 12.1 Å². The third-order valence-electron chi connectivity index (χ3n) is 6.57. The first-order chi connectivity index (χ1) is 16.2. The first kappa shape index (κ1) is 21.5. The summed E-state index contributed by atoms with van der Waals surface area (Å²) in [6, 6.07) is 10.1. The van der Waals surface area contributed by atoms with E-state index in [1.165, 1.54) is 25.9 Å². The minimum atomic E-state index is 0.105. The van der Waals surface area contributed by atoms with E-state index >= 15 is 0 Å². The SMILES string of the molecule is Nc1ncc(-c2ccc(C(=O)N3CCC(N4CCCC4)CC3)cc2)cc1OCC1=NNNN1. The number of hydrogen-bond donors (Lipinski definition) is 4. The summed E-state index contributed by atoms with van der Waals surface area (Å²) in [7, 11) is 0. The van der Waals surface area contributed by atoms with Crippen LogP contribution in [0, 0.1) is 0 Å². The predicted molar refractivity (Wildman–Crippen MR) is 126 cm³/mol. The van der Waals surface area contributed by atoms with Gasteiger partial charge < -0.3 is 20.3 Å². The lowest BCUT2D eigenvalue weighted by Gasteiger charge is -2.36. The van der Waals surface area contributed by atoms with Crippen LogP contribution in [0.3, 0.4) is 0 Å². The zero-order valence-electron chi connectivity index (χ0n) is 18.6. The second kappa shape index (κ2) is 9.63. The van der Waals surface area contributed by atoms with Crippen molar-refractivity contribution in [1.82, 2.24) is 31.3 Å². The van der Waals surface area contributed by atoms with Gasteiger partial charge in [-0.25, -0.2) is 10.5 Å². The molecule has 0 bridgehead atoms. The lowest BCUT2D eigenvalue weighted by atomic mass is 10.0. The molecule has 2 fully saturated rings. The van der Waals surface area contributed by atoms with Gasteiger partial charge in [-0.3, -0.25) is 10.2 Å². The molecule has 5 N–H and O–H groups in total. The highest BCUT2D eigenvalue weighted by Crippen LogP contribution is 2.28. The Morgan fingerprint density at radius 1 is 1.09 bits per heavy atom. The van der Waals surface area contributed by atoms with Crippen molar-refractivity contribution >= 4 is 17.6 Å². The number of rotatable bonds is 6. The van der Waals surface area contributed by atoms with Crippen LogP contribution in [0.5, 0.6) is 5.75 Å². The molecular formula is C23H30N8O2. The van der Waals surface area contributed by atoms with E-state index in [4.69, 9.17) is 10.5 Å². The van der Waals surface area contributed by atoms with E-state index in [9.17, 15) is 4.79 Å². The molecule has 0 spiro atoms. The average Bonchev–Trinajstić information content (AvgIpc) is 3.58. The Morgan fingerprint density at radius 3 is 2.55 bits per heavy atom. The van der Waals surface area contributed by atoms with Crippen LogP contribution in [0.25, 0.3) is 11.1 Å². The van der Waals surface area contributed by atoms with Crippen molar-refractivity contribution in [2.75, 3.05) is 38.5 Å². The summed E-state index contributed by atoms with van der Waals surface area (Å²) in [4.78, 5) is 21.9. The van der Waals surface area contributed by atoms with Gasteiger partial charge in [0.05, 0.1) is 0 Å². The quantitative estimate of drug-likeness (QED) is 0.520. The van der Waals surface area contributed by atoms with E-state index in [1.54, 1.807) is 6.20 Å². The van der Waals surface area contributed by atoms with Crippen LogP contribution in [-0.4, -0.2) is 65.4 Å². The number of nitrogen functional groups attached to an aromatic ring is 1. The summed E-state index contributed by atoms with van der Waals surface area (Å²) in [5, 5.41) is 3.97. The zero-order chi connectivity index (χ0) is 22.6. The number of hydrogen-bond acceptors (Lipinski definition) is 9. The fraction of sp³-hybridized carbons (Fsp3) is 0.435. The maximum absolute atomic E-state index is 13.0. The summed E-state index contributed by atoms with van der Waals surface area (Å²) in [5.41, 5.74) is 16.5. The molecule has 2 saturated heterocycles.